The number of hydrogen-bond donors (Lipinski definition) is 0. The minimum absolute atomic E-state index is 0.0749. The minimum atomic E-state index is -0.0749. The van der Waals surface area contributed by atoms with Gasteiger partial charge in [-0.1, -0.05) is 19.9 Å². The molecule has 0 spiro atoms. The van der Waals surface area contributed by atoms with Crippen LogP contribution in [0.5, 0.6) is 0 Å². The molecule has 0 aliphatic heterocycles. The average Bonchev–Trinajstić information content (AvgIpc) is 3.31. The molecule has 1 aromatic carbocycles. The fraction of sp³-hybridized carbons (Fsp3) is 0.278. The molecule has 0 saturated heterocycles. The second-order valence-corrected chi connectivity index (χ2v) is 6.57. The third-order valence-electron chi connectivity index (χ3n) is 4.08. The molecule has 0 aliphatic rings. The van der Waals surface area contributed by atoms with Crippen molar-refractivity contribution < 1.29 is 4.79 Å². The first-order chi connectivity index (χ1) is 11.6. The van der Waals surface area contributed by atoms with E-state index in [1.54, 1.807) is 22.8 Å². The van der Waals surface area contributed by atoms with Crippen LogP contribution in [0.25, 0.3) is 5.69 Å². The maximum atomic E-state index is 12.8. The summed E-state index contributed by atoms with van der Waals surface area (Å²) >= 11 is 1.50. The first-order valence-electron chi connectivity index (χ1n) is 7.93. The van der Waals surface area contributed by atoms with E-state index in [9.17, 15) is 4.79 Å². The number of amides is 1. The highest BCUT2D eigenvalue weighted by molar-refractivity contribution is 7.14. The fourth-order valence-corrected chi connectivity index (χ4v) is 3.26. The van der Waals surface area contributed by atoms with E-state index < -0.39 is 0 Å². The summed E-state index contributed by atoms with van der Waals surface area (Å²) in [5, 5.41) is 6.96. The molecule has 2 heterocycles. The van der Waals surface area contributed by atoms with E-state index in [4.69, 9.17) is 0 Å². The second kappa shape index (κ2) is 6.97. The lowest BCUT2D eigenvalue weighted by Crippen LogP contribution is -2.26. The number of aromatic nitrogens is 3. The maximum absolute atomic E-state index is 12.8. The number of hydrogen-bond acceptors (Lipinski definition) is 4. The summed E-state index contributed by atoms with van der Waals surface area (Å²) in [5.41, 5.74) is 2.52. The van der Waals surface area contributed by atoms with Crippen molar-refractivity contribution >= 4 is 22.4 Å². The molecule has 0 aliphatic carbocycles. The topological polar surface area (TPSA) is 51.0 Å². The third-order valence-corrected chi connectivity index (χ3v) is 5.02. The van der Waals surface area contributed by atoms with Gasteiger partial charge in [-0.25, -0.2) is 9.67 Å². The first kappa shape index (κ1) is 16.4. The highest BCUT2D eigenvalue weighted by Gasteiger charge is 2.18. The van der Waals surface area contributed by atoms with Crippen LogP contribution >= 0.6 is 11.3 Å². The Kier molecular flexibility index (Phi) is 4.76. The molecule has 2 aromatic heterocycles. The predicted molar refractivity (Wildman–Crippen MR) is 97.1 cm³/mol. The zero-order valence-electron chi connectivity index (χ0n) is 14.0. The monoisotopic (exact) mass is 340 g/mol. The summed E-state index contributed by atoms with van der Waals surface area (Å²) in [7, 11) is 1.77. The van der Waals surface area contributed by atoms with Gasteiger partial charge in [0.25, 0.3) is 5.91 Å². The van der Waals surface area contributed by atoms with Gasteiger partial charge in [-0.3, -0.25) is 9.69 Å². The van der Waals surface area contributed by atoms with E-state index in [1.165, 1.54) is 11.3 Å². The van der Waals surface area contributed by atoms with Crippen molar-refractivity contribution in [1.29, 1.82) is 0 Å². The van der Waals surface area contributed by atoms with Crippen LogP contribution in [-0.4, -0.2) is 27.7 Å². The Hall–Kier alpha value is -2.47. The Balaban J connectivity index is 1.83. The standard InChI is InChI=1S/C18H20N4OS/c1-4-13(2)16-12-24-18(20-16)21(3)17(23)14-7-5-8-15(11-14)22-10-6-9-19-22/h5-13H,4H2,1-3H3/t13-/m1/s1. The molecule has 6 heteroatoms. The van der Waals surface area contributed by atoms with Crippen LogP contribution in [0, 0.1) is 0 Å². The molecule has 0 bridgehead atoms. The van der Waals surface area contributed by atoms with E-state index in [0.29, 0.717) is 11.5 Å². The van der Waals surface area contributed by atoms with Crippen molar-refractivity contribution in [2.45, 2.75) is 26.2 Å². The summed E-state index contributed by atoms with van der Waals surface area (Å²) in [6.07, 6.45) is 4.60. The van der Waals surface area contributed by atoms with Gasteiger partial charge in [0.05, 0.1) is 11.4 Å². The summed E-state index contributed by atoms with van der Waals surface area (Å²) in [4.78, 5) is 19.0. The Bertz CT molecular complexity index is 825. The van der Waals surface area contributed by atoms with Gasteiger partial charge in [0, 0.05) is 30.4 Å². The van der Waals surface area contributed by atoms with Gasteiger partial charge in [0.2, 0.25) is 0 Å². The molecular formula is C18H20N4OS. The SMILES string of the molecule is CC[C@@H](C)c1csc(N(C)C(=O)c2cccc(-n3cccn3)c2)n1. The number of benzene rings is 1. The zero-order valence-corrected chi connectivity index (χ0v) is 14.8. The Morgan fingerprint density at radius 3 is 2.92 bits per heavy atom. The van der Waals surface area contributed by atoms with Gasteiger partial charge in [0.1, 0.15) is 0 Å². The number of carbonyl (C=O) groups is 1. The van der Waals surface area contributed by atoms with Gasteiger partial charge in [-0.15, -0.1) is 11.3 Å². The summed E-state index contributed by atoms with van der Waals surface area (Å²) in [5.74, 6) is 0.329. The summed E-state index contributed by atoms with van der Waals surface area (Å²) < 4.78 is 1.74. The average molecular weight is 340 g/mol. The summed E-state index contributed by atoms with van der Waals surface area (Å²) in [6.45, 7) is 4.29. The lowest BCUT2D eigenvalue weighted by Gasteiger charge is -2.14. The molecule has 5 nitrogen and oxygen atoms in total. The highest BCUT2D eigenvalue weighted by atomic mass is 32.1. The van der Waals surface area contributed by atoms with Crippen molar-refractivity contribution in [3.63, 3.8) is 0 Å². The second-order valence-electron chi connectivity index (χ2n) is 5.73. The smallest absolute Gasteiger partial charge is 0.259 e. The van der Waals surface area contributed by atoms with Crippen molar-refractivity contribution in [1.82, 2.24) is 14.8 Å². The summed E-state index contributed by atoms with van der Waals surface area (Å²) in [6, 6.07) is 9.30. The molecule has 1 amide bonds. The lowest BCUT2D eigenvalue weighted by atomic mass is 10.1. The molecule has 0 unspecified atom stereocenters. The quantitative estimate of drug-likeness (QED) is 0.702. The maximum Gasteiger partial charge on any atom is 0.259 e. The van der Waals surface area contributed by atoms with E-state index >= 15 is 0 Å². The number of carbonyl (C=O) groups excluding carboxylic acids is 1. The van der Waals surface area contributed by atoms with E-state index in [1.807, 2.05) is 41.9 Å². The van der Waals surface area contributed by atoms with Crippen LogP contribution in [0.3, 0.4) is 0 Å². The predicted octanol–water partition coefficient (Wildman–Crippen LogP) is 4.12. The lowest BCUT2D eigenvalue weighted by molar-refractivity contribution is 0.0993. The van der Waals surface area contributed by atoms with E-state index in [0.717, 1.165) is 22.9 Å². The van der Waals surface area contributed by atoms with Crippen LogP contribution in [-0.2, 0) is 0 Å². The van der Waals surface area contributed by atoms with Crippen LogP contribution in [0.4, 0.5) is 5.13 Å². The largest absolute Gasteiger partial charge is 0.287 e. The number of thiazole rings is 1. The van der Waals surface area contributed by atoms with Gasteiger partial charge in [-0.2, -0.15) is 5.10 Å². The van der Waals surface area contributed by atoms with Gasteiger partial charge >= 0.3 is 0 Å². The third kappa shape index (κ3) is 3.23. The minimum Gasteiger partial charge on any atom is -0.287 e. The van der Waals surface area contributed by atoms with Gasteiger partial charge in [0.15, 0.2) is 5.13 Å². The normalized spacial score (nSPS) is 12.1. The van der Waals surface area contributed by atoms with E-state index in [2.05, 4.69) is 23.9 Å². The van der Waals surface area contributed by atoms with Gasteiger partial charge in [-0.05, 0) is 36.6 Å². The molecule has 0 fully saturated rings. The zero-order chi connectivity index (χ0) is 17.1. The van der Waals surface area contributed by atoms with Crippen LogP contribution in [0.1, 0.15) is 42.2 Å². The van der Waals surface area contributed by atoms with Crippen LogP contribution in [0.2, 0.25) is 0 Å². The van der Waals surface area contributed by atoms with Crippen LogP contribution < -0.4 is 4.90 Å². The van der Waals surface area contributed by atoms with E-state index in [-0.39, 0.29) is 5.91 Å². The molecule has 124 valence electrons. The number of rotatable bonds is 5. The molecule has 0 N–H and O–H groups in total. The molecule has 3 aromatic rings. The fourth-order valence-electron chi connectivity index (χ4n) is 2.35. The van der Waals surface area contributed by atoms with Crippen molar-refractivity contribution in [3.05, 3.63) is 59.4 Å². The first-order valence-corrected chi connectivity index (χ1v) is 8.81. The molecule has 0 radical (unpaired) electrons. The molecule has 0 saturated carbocycles. The molecular weight excluding hydrogens is 320 g/mol. The van der Waals surface area contributed by atoms with Crippen LogP contribution in [0.15, 0.2) is 48.1 Å². The number of anilines is 1. The molecule has 3 rings (SSSR count). The van der Waals surface area contributed by atoms with Crippen molar-refractivity contribution in [2.75, 3.05) is 11.9 Å². The number of nitrogens with zero attached hydrogens (tertiary/aromatic N) is 4. The van der Waals surface area contributed by atoms with Crippen molar-refractivity contribution in [3.8, 4) is 5.69 Å². The highest BCUT2D eigenvalue weighted by Crippen LogP contribution is 2.27. The van der Waals surface area contributed by atoms with Crippen molar-refractivity contribution in [2.24, 2.45) is 0 Å². The molecule has 1 atom stereocenters. The Morgan fingerprint density at radius 1 is 1.38 bits per heavy atom. The Morgan fingerprint density at radius 2 is 2.21 bits per heavy atom. The molecule has 24 heavy (non-hydrogen) atoms. The Labute approximate surface area is 145 Å². The van der Waals surface area contributed by atoms with Gasteiger partial charge < -0.3 is 0 Å².